The summed E-state index contributed by atoms with van der Waals surface area (Å²) in [6.07, 6.45) is 8.17. The molecule has 0 aromatic heterocycles. The van der Waals surface area contributed by atoms with E-state index in [2.05, 4.69) is 10.6 Å². The molecule has 0 aromatic rings. The fourth-order valence-corrected chi connectivity index (χ4v) is 5.65. The van der Waals surface area contributed by atoms with E-state index in [0.717, 1.165) is 24.3 Å². The number of hydrogen-bond acceptors (Lipinski definition) is 2. The van der Waals surface area contributed by atoms with Crippen molar-refractivity contribution in [2.45, 2.75) is 65.3 Å². The summed E-state index contributed by atoms with van der Waals surface area (Å²) in [6, 6.07) is -0.411. The van der Waals surface area contributed by atoms with E-state index in [9.17, 15) is 9.59 Å². The Labute approximate surface area is 133 Å². The van der Waals surface area contributed by atoms with E-state index in [1.54, 1.807) is 0 Å². The topological polar surface area (TPSA) is 58.2 Å². The molecule has 4 rings (SSSR count). The molecule has 4 nitrogen and oxygen atoms in total. The van der Waals surface area contributed by atoms with Crippen molar-refractivity contribution in [3.63, 3.8) is 0 Å². The van der Waals surface area contributed by atoms with E-state index in [1.165, 1.54) is 45.4 Å². The first kappa shape index (κ1) is 15.8. The maximum absolute atomic E-state index is 12.5. The van der Waals surface area contributed by atoms with Crippen LogP contribution in [-0.2, 0) is 9.59 Å². The number of rotatable bonds is 5. The number of carbonyl (C=O) groups excluding carboxylic acids is 2. The molecule has 4 aliphatic carbocycles. The molecule has 22 heavy (non-hydrogen) atoms. The van der Waals surface area contributed by atoms with Gasteiger partial charge in [0.2, 0.25) is 11.8 Å². The molecule has 4 saturated carbocycles. The summed E-state index contributed by atoms with van der Waals surface area (Å²) < 4.78 is 0. The standard InChI is InChI=1S/C18H30N2O2/c1-11(2)16(20-12(3)21)17(22)19-10-18-7-13-4-14(8-18)6-15(5-13)9-18/h11,13-16H,4-10H2,1-3H3,(H,19,22)(H,20,21). The number of hydrogen-bond donors (Lipinski definition) is 2. The summed E-state index contributed by atoms with van der Waals surface area (Å²) >= 11 is 0. The van der Waals surface area contributed by atoms with E-state index >= 15 is 0 Å². The Balaban J connectivity index is 1.59. The van der Waals surface area contributed by atoms with Crippen molar-refractivity contribution >= 4 is 11.8 Å². The first-order valence-electron chi connectivity index (χ1n) is 8.92. The lowest BCUT2D eigenvalue weighted by Crippen LogP contribution is -2.55. The van der Waals surface area contributed by atoms with Gasteiger partial charge in [-0.25, -0.2) is 0 Å². The summed E-state index contributed by atoms with van der Waals surface area (Å²) in [4.78, 5) is 23.8. The molecule has 0 spiro atoms. The molecule has 0 aliphatic heterocycles. The highest BCUT2D eigenvalue weighted by molar-refractivity contribution is 5.87. The van der Waals surface area contributed by atoms with Gasteiger partial charge in [0.1, 0.15) is 6.04 Å². The lowest BCUT2D eigenvalue weighted by molar-refractivity contribution is -0.130. The van der Waals surface area contributed by atoms with Gasteiger partial charge in [0, 0.05) is 13.5 Å². The predicted octanol–water partition coefficient (Wildman–Crippen LogP) is 2.48. The Morgan fingerprint density at radius 1 is 1.05 bits per heavy atom. The lowest BCUT2D eigenvalue weighted by Gasteiger charge is -2.57. The third-order valence-electron chi connectivity index (χ3n) is 6.11. The SMILES string of the molecule is CC(=O)NC(C(=O)NCC12CC3CC(CC(C3)C1)C2)C(C)C. The summed E-state index contributed by atoms with van der Waals surface area (Å²) in [5.41, 5.74) is 0.349. The second-order valence-electron chi connectivity index (χ2n) is 8.56. The molecule has 1 unspecified atom stereocenters. The Hall–Kier alpha value is -1.06. The highest BCUT2D eigenvalue weighted by Crippen LogP contribution is 2.59. The van der Waals surface area contributed by atoms with Gasteiger partial charge in [-0.05, 0) is 67.6 Å². The number of carbonyl (C=O) groups is 2. The van der Waals surface area contributed by atoms with Crippen LogP contribution >= 0.6 is 0 Å². The Morgan fingerprint density at radius 3 is 1.95 bits per heavy atom. The highest BCUT2D eigenvalue weighted by atomic mass is 16.2. The highest BCUT2D eigenvalue weighted by Gasteiger charge is 2.50. The van der Waals surface area contributed by atoms with Crippen molar-refractivity contribution in [2.75, 3.05) is 6.54 Å². The van der Waals surface area contributed by atoms with Crippen LogP contribution in [0.5, 0.6) is 0 Å². The van der Waals surface area contributed by atoms with E-state index in [1.807, 2.05) is 13.8 Å². The number of amides is 2. The second kappa shape index (κ2) is 5.86. The van der Waals surface area contributed by atoms with Gasteiger partial charge in [0.25, 0.3) is 0 Å². The fraction of sp³-hybridized carbons (Fsp3) is 0.889. The molecule has 1 atom stereocenters. The van der Waals surface area contributed by atoms with E-state index in [-0.39, 0.29) is 17.7 Å². The average Bonchev–Trinajstić information content (AvgIpc) is 2.40. The monoisotopic (exact) mass is 306 g/mol. The predicted molar refractivity (Wildman–Crippen MR) is 86.1 cm³/mol. The van der Waals surface area contributed by atoms with E-state index in [4.69, 9.17) is 0 Å². The third-order valence-corrected chi connectivity index (χ3v) is 6.11. The summed E-state index contributed by atoms with van der Waals surface area (Å²) in [7, 11) is 0. The van der Waals surface area contributed by atoms with E-state index in [0.29, 0.717) is 5.41 Å². The molecule has 2 N–H and O–H groups in total. The fourth-order valence-electron chi connectivity index (χ4n) is 5.65. The van der Waals surface area contributed by atoms with Crippen molar-refractivity contribution in [3.05, 3.63) is 0 Å². The van der Waals surface area contributed by atoms with Crippen LogP contribution in [0.1, 0.15) is 59.3 Å². The van der Waals surface area contributed by atoms with Gasteiger partial charge in [-0.15, -0.1) is 0 Å². The van der Waals surface area contributed by atoms with Crippen LogP contribution in [0, 0.1) is 29.1 Å². The molecular formula is C18H30N2O2. The number of nitrogens with one attached hydrogen (secondary N) is 2. The van der Waals surface area contributed by atoms with Crippen LogP contribution in [0.4, 0.5) is 0 Å². The minimum atomic E-state index is -0.411. The molecule has 0 saturated heterocycles. The molecule has 0 aromatic carbocycles. The molecule has 4 bridgehead atoms. The Bertz CT molecular complexity index is 423. The summed E-state index contributed by atoms with van der Waals surface area (Å²) in [5.74, 6) is 2.67. The van der Waals surface area contributed by atoms with Crippen LogP contribution in [0.2, 0.25) is 0 Å². The average molecular weight is 306 g/mol. The Kier molecular flexibility index (Phi) is 4.21. The first-order valence-corrected chi connectivity index (χ1v) is 8.92. The normalized spacial score (nSPS) is 37.2. The Morgan fingerprint density at radius 2 is 1.55 bits per heavy atom. The summed E-state index contributed by atoms with van der Waals surface area (Å²) in [6.45, 7) is 6.23. The van der Waals surface area contributed by atoms with Crippen molar-refractivity contribution in [1.82, 2.24) is 10.6 Å². The molecule has 0 heterocycles. The first-order chi connectivity index (χ1) is 10.4. The molecular weight excluding hydrogens is 276 g/mol. The summed E-state index contributed by atoms with van der Waals surface area (Å²) in [5, 5.41) is 5.96. The van der Waals surface area contributed by atoms with Gasteiger partial charge >= 0.3 is 0 Å². The molecule has 2 amide bonds. The maximum Gasteiger partial charge on any atom is 0.242 e. The van der Waals surface area contributed by atoms with Gasteiger partial charge in [0.15, 0.2) is 0 Å². The van der Waals surface area contributed by atoms with Gasteiger partial charge in [-0.3, -0.25) is 9.59 Å². The molecule has 4 aliphatic rings. The van der Waals surface area contributed by atoms with Crippen LogP contribution in [0.15, 0.2) is 0 Å². The zero-order chi connectivity index (χ0) is 15.9. The van der Waals surface area contributed by atoms with Crippen LogP contribution < -0.4 is 10.6 Å². The molecule has 4 fully saturated rings. The van der Waals surface area contributed by atoms with E-state index < -0.39 is 6.04 Å². The van der Waals surface area contributed by atoms with Crippen LogP contribution in [0.25, 0.3) is 0 Å². The minimum absolute atomic E-state index is 0.0130. The maximum atomic E-state index is 12.5. The zero-order valence-electron chi connectivity index (χ0n) is 14.2. The van der Waals surface area contributed by atoms with Crippen molar-refractivity contribution in [1.29, 1.82) is 0 Å². The smallest absolute Gasteiger partial charge is 0.242 e. The largest absolute Gasteiger partial charge is 0.354 e. The van der Waals surface area contributed by atoms with Crippen molar-refractivity contribution in [2.24, 2.45) is 29.1 Å². The van der Waals surface area contributed by atoms with Crippen molar-refractivity contribution in [3.8, 4) is 0 Å². The van der Waals surface area contributed by atoms with Crippen LogP contribution in [0.3, 0.4) is 0 Å². The van der Waals surface area contributed by atoms with Gasteiger partial charge in [-0.1, -0.05) is 13.8 Å². The third kappa shape index (κ3) is 3.16. The lowest BCUT2D eigenvalue weighted by atomic mass is 9.49. The minimum Gasteiger partial charge on any atom is -0.354 e. The second-order valence-corrected chi connectivity index (χ2v) is 8.56. The van der Waals surface area contributed by atoms with Crippen LogP contribution in [-0.4, -0.2) is 24.4 Å². The quantitative estimate of drug-likeness (QED) is 0.820. The van der Waals surface area contributed by atoms with Gasteiger partial charge in [-0.2, -0.15) is 0 Å². The molecule has 124 valence electrons. The molecule has 0 radical (unpaired) electrons. The van der Waals surface area contributed by atoms with Crippen molar-refractivity contribution < 1.29 is 9.59 Å². The van der Waals surface area contributed by atoms with Gasteiger partial charge < -0.3 is 10.6 Å². The van der Waals surface area contributed by atoms with Gasteiger partial charge in [0.05, 0.1) is 0 Å². The molecule has 4 heteroatoms. The zero-order valence-corrected chi connectivity index (χ0v) is 14.2.